The highest BCUT2D eigenvalue weighted by molar-refractivity contribution is 4.82. The van der Waals surface area contributed by atoms with Gasteiger partial charge < -0.3 is 10.1 Å². The van der Waals surface area contributed by atoms with Gasteiger partial charge in [0.1, 0.15) is 0 Å². The van der Waals surface area contributed by atoms with Gasteiger partial charge in [0.2, 0.25) is 0 Å². The standard InChI is InChI=1S/C13H25NO/c1-2-14-13(9-11-3-4-11)10-12-5-7-15-8-6-12/h11-14H,2-10H2,1H3. The van der Waals surface area contributed by atoms with Crippen LogP contribution >= 0.6 is 0 Å². The zero-order chi connectivity index (χ0) is 10.5. The lowest BCUT2D eigenvalue weighted by Gasteiger charge is -2.27. The predicted octanol–water partition coefficient (Wildman–Crippen LogP) is 2.58. The number of hydrogen-bond acceptors (Lipinski definition) is 2. The van der Waals surface area contributed by atoms with Gasteiger partial charge in [-0.1, -0.05) is 19.8 Å². The fourth-order valence-electron chi connectivity index (χ4n) is 2.69. The molecule has 1 saturated heterocycles. The van der Waals surface area contributed by atoms with Gasteiger partial charge in [0.15, 0.2) is 0 Å². The van der Waals surface area contributed by atoms with E-state index in [-0.39, 0.29) is 0 Å². The van der Waals surface area contributed by atoms with Crippen molar-refractivity contribution in [3.8, 4) is 0 Å². The summed E-state index contributed by atoms with van der Waals surface area (Å²) >= 11 is 0. The highest BCUT2D eigenvalue weighted by Gasteiger charge is 2.27. The fraction of sp³-hybridized carbons (Fsp3) is 1.00. The van der Waals surface area contributed by atoms with E-state index >= 15 is 0 Å². The van der Waals surface area contributed by atoms with Crippen LogP contribution in [0, 0.1) is 11.8 Å². The maximum absolute atomic E-state index is 5.41. The van der Waals surface area contributed by atoms with Crippen molar-refractivity contribution in [3.05, 3.63) is 0 Å². The Kier molecular flexibility index (Phi) is 4.45. The van der Waals surface area contributed by atoms with Crippen molar-refractivity contribution in [2.45, 2.75) is 51.5 Å². The monoisotopic (exact) mass is 211 g/mol. The summed E-state index contributed by atoms with van der Waals surface area (Å²) in [7, 11) is 0. The Morgan fingerprint density at radius 3 is 2.20 bits per heavy atom. The van der Waals surface area contributed by atoms with Crippen molar-refractivity contribution in [2.24, 2.45) is 11.8 Å². The van der Waals surface area contributed by atoms with Gasteiger partial charge in [0.25, 0.3) is 0 Å². The molecule has 0 bridgehead atoms. The third kappa shape index (κ3) is 4.12. The van der Waals surface area contributed by atoms with Crippen LogP contribution in [-0.2, 0) is 4.74 Å². The van der Waals surface area contributed by atoms with Crippen LogP contribution in [0.25, 0.3) is 0 Å². The molecule has 15 heavy (non-hydrogen) atoms. The lowest BCUT2D eigenvalue weighted by molar-refractivity contribution is 0.0601. The summed E-state index contributed by atoms with van der Waals surface area (Å²) in [6, 6.07) is 0.783. The van der Waals surface area contributed by atoms with Crippen LogP contribution in [0.4, 0.5) is 0 Å². The summed E-state index contributed by atoms with van der Waals surface area (Å²) in [5, 5.41) is 3.66. The SMILES string of the molecule is CCNC(CC1CCOCC1)CC1CC1. The summed E-state index contributed by atoms with van der Waals surface area (Å²) in [4.78, 5) is 0. The van der Waals surface area contributed by atoms with Gasteiger partial charge in [0, 0.05) is 19.3 Å². The molecule has 0 amide bonds. The van der Waals surface area contributed by atoms with Crippen molar-refractivity contribution < 1.29 is 4.74 Å². The molecule has 1 atom stereocenters. The van der Waals surface area contributed by atoms with E-state index in [0.29, 0.717) is 0 Å². The number of nitrogens with one attached hydrogen (secondary N) is 1. The van der Waals surface area contributed by atoms with Crippen LogP contribution in [0.3, 0.4) is 0 Å². The molecule has 1 aliphatic carbocycles. The minimum Gasteiger partial charge on any atom is -0.381 e. The quantitative estimate of drug-likeness (QED) is 0.729. The average molecular weight is 211 g/mol. The molecule has 0 aromatic rings. The molecule has 2 aliphatic rings. The minimum absolute atomic E-state index is 0.783. The van der Waals surface area contributed by atoms with Crippen LogP contribution in [0.2, 0.25) is 0 Å². The van der Waals surface area contributed by atoms with E-state index in [1.54, 1.807) is 0 Å². The van der Waals surface area contributed by atoms with Gasteiger partial charge in [-0.3, -0.25) is 0 Å². The van der Waals surface area contributed by atoms with Crippen LogP contribution in [0.1, 0.15) is 45.4 Å². The highest BCUT2D eigenvalue weighted by Crippen LogP contribution is 2.35. The smallest absolute Gasteiger partial charge is 0.0468 e. The molecule has 0 spiro atoms. The van der Waals surface area contributed by atoms with Crippen LogP contribution in [0.15, 0.2) is 0 Å². The molecular formula is C13H25NO. The molecule has 1 unspecified atom stereocenters. The predicted molar refractivity (Wildman–Crippen MR) is 63.0 cm³/mol. The summed E-state index contributed by atoms with van der Waals surface area (Å²) in [5.74, 6) is 1.97. The van der Waals surface area contributed by atoms with Crippen molar-refractivity contribution in [1.82, 2.24) is 5.32 Å². The second-order valence-corrected chi connectivity index (χ2v) is 5.23. The number of ether oxygens (including phenoxy) is 1. The Morgan fingerprint density at radius 2 is 1.67 bits per heavy atom. The van der Waals surface area contributed by atoms with E-state index in [9.17, 15) is 0 Å². The first-order valence-corrected chi connectivity index (χ1v) is 6.69. The largest absolute Gasteiger partial charge is 0.381 e. The second kappa shape index (κ2) is 5.86. The maximum Gasteiger partial charge on any atom is 0.0468 e. The normalized spacial score (nSPS) is 25.4. The van der Waals surface area contributed by atoms with Crippen molar-refractivity contribution >= 4 is 0 Å². The Hall–Kier alpha value is -0.0800. The highest BCUT2D eigenvalue weighted by atomic mass is 16.5. The van der Waals surface area contributed by atoms with Crippen LogP contribution < -0.4 is 5.32 Å². The van der Waals surface area contributed by atoms with E-state index in [4.69, 9.17) is 4.74 Å². The lowest BCUT2D eigenvalue weighted by Crippen LogP contribution is -2.33. The first-order valence-electron chi connectivity index (χ1n) is 6.69. The zero-order valence-corrected chi connectivity index (χ0v) is 10.0. The Balaban J connectivity index is 1.70. The van der Waals surface area contributed by atoms with E-state index in [1.807, 2.05) is 0 Å². The van der Waals surface area contributed by atoms with Gasteiger partial charge in [-0.05, 0) is 44.1 Å². The maximum atomic E-state index is 5.41. The van der Waals surface area contributed by atoms with Gasteiger partial charge in [0.05, 0.1) is 0 Å². The minimum atomic E-state index is 0.783. The number of hydrogen-bond donors (Lipinski definition) is 1. The molecular weight excluding hydrogens is 186 g/mol. The molecule has 0 radical (unpaired) electrons. The fourth-order valence-corrected chi connectivity index (χ4v) is 2.69. The van der Waals surface area contributed by atoms with E-state index in [0.717, 1.165) is 37.6 Å². The molecule has 1 aliphatic heterocycles. The van der Waals surface area contributed by atoms with Crippen molar-refractivity contribution in [2.75, 3.05) is 19.8 Å². The Morgan fingerprint density at radius 1 is 1.07 bits per heavy atom. The first-order chi connectivity index (χ1) is 7.38. The van der Waals surface area contributed by atoms with Gasteiger partial charge >= 0.3 is 0 Å². The Bertz CT molecular complexity index is 173. The molecule has 1 N–H and O–H groups in total. The van der Waals surface area contributed by atoms with Crippen molar-refractivity contribution in [3.63, 3.8) is 0 Å². The summed E-state index contributed by atoms with van der Waals surface area (Å²) in [6.45, 7) is 5.34. The van der Waals surface area contributed by atoms with Gasteiger partial charge in [-0.15, -0.1) is 0 Å². The average Bonchev–Trinajstić information content (AvgIpc) is 3.03. The Labute approximate surface area is 93.8 Å². The second-order valence-electron chi connectivity index (χ2n) is 5.23. The molecule has 2 nitrogen and oxygen atoms in total. The molecule has 2 heteroatoms. The zero-order valence-electron chi connectivity index (χ0n) is 10.0. The van der Waals surface area contributed by atoms with Crippen LogP contribution in [-0.4, -0.2) is 25.8 Å². The van der Waals surface area contributed by atoms with Gasteiger partial charge in [-0.25, -0.2) is 0 Å². The molecule has 0 aromatic heterocycles. The lowest BCUT2D eigenvalue weighted by atomic mass is 9.90. The van der Waals surface area contributed by atoms with E-state index in [1.165, 1.54) is 38.5 Å². The summed E-state index contributed by atoms with van der Waals surface area (Å²) in [6.07, 6.45) is 8.34. The first kappa shape index (κ1) is 11.4. The number of rotatable bonds is 6. The van der Waals surface area contributed by atoms with Gasteiger partial charge in [-0.2, -0.15) is 0 Å². The molecule has 1 saturated carbocycles. The van der Waals surface area contributed by atoms with E-state index in [2.05, 4.69) is 12.2 Å². The summed E-state index contributed by atoms with van der Waals surface area (Å²) < 4.78 is 5.41. The molecule has 2 rings (SSSR count). The third-order valence-corrected chi connectivity index (χ3v) is 3.77. The molecule has 2 fully saturated rings. The molecule has 0 aromatic carbocycles. The third-order valence-electron chi connectivity index (χ3n) is 3.77. The van der Waals surface area contributed by atoms with E-state index < -0.39 is 0 Å². The summed E-state index contributed by atoms with van der Waals surface area (Å²) in [5.41, 5.74) is 0. The molecule has 1 heterocycles. The van der Waals surface area contributed by atoms with Crippen LogP contribution in [0.5, 0.6) is 0 Å². The topological polar surface area (TPSA) is 21.3 Å². The van der Waals surface area contributed by atoms with Crippen molar-refractivity contribution in [1.29, 1.82) is 0 Å². The molecule has 88 valence electrons.